The van der Waals surface area contributed by atoms with Crippen LogP contribution in [0.1, 0.15) is 33.6 Å². The molecule has 3 rings (SSSR count). The van der Waals surface area contributed by atoms with Crippen molar-refractivity contribution in [1.29, 1.82) is 0 Å². The van der Waals surface area contributed by atoms with Crippen LogP contribution in [0, 0.1) is 0 Å². The lowest BCUT2D eigenvalue weighted by molar-refractivity contribution is -0.120. The van der Waals surface area contributed by atoms with E-state index in [2.05, 4.69) is 18.5 Å². The van der Waals surface area contributed by atoms with E-state index in [1.807, 2.05) is 0 Å². The van der Waals surface area contributed by atoms with E-state index in [9.17, 15) is 19.5 Å². The Morgan fingerprint density at radius 2 is 1.48 bits per heavy atom. The molecule has 0 spiro atoms. The average molecular weight is 366 g/mol. The van der Waals surface area contributed by atoms with Gasteiger partial charge in [-0.05, 0) is 36.4 Å². The summed E-state index contributed by atoms with van der Waals surface area (Å²) in [7, 11) is 0. The lowest BCUT2D eigenvalue weighted by Gasteiger charge is -2.26. The molecule has 0 saturated carbocycles. The molecule has 140 valence electrons. The van der Waals surface area contributed by atoms with Gasteiger partial charge in [0.25, 0.3) is 11.8 Å². The van der Waals surface area contributed by atoms with Crippen molar-refractivity contribution in [2.45, 2.75) is 12.8 Å². The molecule has 2 N–H and O–H groups in total. The second kappa shape index (κ2) is 9.33. The van der Waals surface area contributed by atoms with E-state index in [0.29, 0.717) is 42.7 Å². The van der Waals surface area contributed by atoms with Gasteiger partial charge in [-0.2, -0.15) is 0 Å². The van der Waals surface area contributed by atoms with Gasteiger partial charge in [0.1, 0.15) is 11.5 Å². The first-order valence-electron chi connectivity index (χ1n) is 8.55. The number of hydrogen-bond acceptors (Lipinski definition) is 4. The zero-order chi connectivity index (χ0) is 19.8. The van der Waals surface area contributed by atoms with Crippen LogP contribution in [0.5, 0.6) is 5.75 Å². The minimum Gasteiger partial charge on any atom is -0.506 e. The summed E-state index contributed by atoms with van der Waals surface area (Å²) in [4.78, 5) is 37.5. The maximum atomic E-state index is 12.4. The third-order valence-electron chi connectivity index (χ3n) is 4.15. The molecule has 0 atom stereocenters. The monoisotopic (exact) mass is 366 g/mol. The van der Waals surface area contributed by atoms with Gasteiger partial charge in [0.05, 0.1) is 5.69 Å². The Labute approximate surface area is 158 Å². The van der Waals surface area contributed by atoms with E-state index >= 15 is 0 Å². The molecule has 0 bridgehead atoms. The maximum Gasteiger partial charge on any atom is 0.255 e. The van der Waals surface area contributed by atoms with Crippen LogP contribution in [0.2, 0.25) is 0 Å². The fraction of sp³-hybridized carbons (Fsp3) is 0.190. The Morgan fingerprint density at radius 1 is 0.926 bits per heavy atom. The van der Waals surface area contributed by atoms with E-state index in [0.717, 1.165) is 0 Å². The summed E-state index contributed by atoms with van der Waals surface area (Å²) in [5, 5.41) is 12.3. The molecule has 1 aliphatic rings. The predicted octanol–water partition coefficient (Wildman–Crippen LogP) is 3.25. The maximum absolute atomic E-state index is 12.4. The van der Waals surface area contributed by atoms with Crippen LogP contribution in [0.15, 0.2) is 61.7 Å². The van der Waals surface area contributed by atoms with Crippen molar-refractivity contribution >= 4 is 23.3 Å². The lowest BCUT2D eigenvalue weighted by atomic mass is 10.1. The van der Waals surface area contributed by atoms with Gasteiger partial charge in [-0.1, -0.05) is 12.1 Å². The molecule has 1 fully saturated rings. The molecule has 0 radical (unpaired) electrons. The van der Waals surface area contributed by atoms with Crippen molar-refractivity contribution in [3.63, 3.8) is 0 Å². The number of carbonyl (C=O) groups is 3. The number of likely N-dealkylation sites (tertiary alicyclic amines) is 1. The SMILES string of the molecule is C=C.O=C1CCN(C(=O)c2ccc(C(=O)Nc3ccccc3O)cc2)CC1. The van der Waals surface area contributed by atoms with Crippen molar-refractivity contribution < 1.29 is 19.5 Å². The van der Waals surface area contributed by atoms with E-state index < -0.39 is 0 Å². The zero-order valence-electron chi connectivity index (χ0n) is 15.0. The Hall–Kier alpha value is -3.41. The van der Waals surface area contributed by atoms with Crippen molar-refractivity contribution in [3.8, 4) is 5.75 Å². The number of Topliss-reactive ketones (excluding diaryl/α,β-unsaturated/α-hetero) is 1. The summed E-state index contributed by atoms with van der Waals surface area (Å²) >= 11 is 0. The normalized spacial score (nSPS) is 13.3. The van der Waals surface area contributed by atoms with Crippen LogP contribution < -0.4 is 5.32 Å². The molecule has 0 aliphatic carbocycles. The molecule has 1 heterocycles. The third-order valence-corrected chi connectivity index (χ3v) is 4.15. The average Bonchev–Trinajstić information content (AvgIpc) is 2.71. The summed E-state index contributed by atoms with van der Waals surface area (Å²) in [6.07, 6.45) is 0.791. The molecule has 27 heavy (non-hydrogen) atoms. The minimum atomic E-state index is -0.371. The number of nitrogens with zero attached hydrogens (tertiary/aromatic N) is 1. The number of para-hydroxylation sites is 2. The second-order valence-electron chi connectivity index (χ2n) is 5.88. The number of hydrogen-bond donors (Lipinski definition) is 2. The zero-order valence-corrected chi connectivity index (χ0v) is 15.0. The Morgan fingerprint density at radius 3 is 2.07 bits per heavy atom. The van der Waals surface area contributed by atoms with Gasteiger partial charge in [-0.3, -0.25) is 14.4 Å². The summed E-state index contributed by atoms with van der Waals surface area (Å²) in [6.45, 7) is 6.88. The van der Waals surface area contributed by atoms with E-state index in [1.54, 1.807) is 47.4 Å². The number of nitrogens with one attached hydrogen (secondary N) is 1. The fourth-order valence-electron chi connectivity index (χ4n) is 2.68. The first-order chi connectivity index (χ1) is 13.0. The minimum absolute atomic E-state index is 0.0118. The number of amides is 2. The molecule has 0 aromatic heterocycles. The van der Waals surface area contributed by atoms with Gasteiger partial charge in [-0.15, -0.1) is 13.2 Å². The summed E-state index contributed by atoms with van der Waals surface area (Å²) in [5.74, 6) is -0.341. The number of anilines is 1. The molecule has 2 aromatic carbocycles. The first kappa shape index (κ1) is 19.9. The van der Waals surface area contributed by atoms with Crippen LogP contribution in [0.4, 0.5) is 5.69 Å². The summed E-state index contributed by atoms with van der Waals surface area (Å²) in [5.41, 5.74) is 1.19. The number of rotatable bonds is 3. The van der Waals surface area contributed by atoms with E-state index in [1.165, 1.54) is 6.07 Å². The molecule has 2 amide bonds. The van der Waals surface area contributed by atoms with Gasteiger partial charge in [0, 0.05) is 37.1 Å². The Balaban J connectivity index is 0.00000126. The highest BCUT2D eigenvalue weighted by molar-refractivity contribution is 6.05. The van der Waals surface area contributed by atoms with Gasteiger partial charge in [0.15, 0.2) is 0 Å². The molecular formula is C21H22N2O4. The lowest BCUT2D eigenvalue weighted by Crippen LogP contribution is -2.38. The Kier molecular flexibility index (Phi) is 6.88. The number of benzene rings is 2. The largest absolute Gasteiger partial charge is 0.506 e. The van der Waals surface area contributed by atoms with Gasteiger partial charge in [-0.25, -0.2) is 0 Å². The molecule has 0 unspecified atom stereocenters. The smallest absolute Gasteiger partial charge is 0.255 e. The van der Waals surface area contributed by atoms with Crippen LogP contribution >= 0.6 is 0 Å². The molecule has 6 heteroatoms. The first-order valence-corrected chi connectivity index (χ1v) is 8.55. The molecule has 1 aliphatic heterocycles. The third kappa shape index (κ3) is 5.04. The van der Waals surface area contributed by atoms with Crippen molar-refractivity contribution in [2.75, 3.05) is 18.4 Å². The summed E-state index contributed by atoms with van der Waals surface area (Å²) < 4.78 is 0. The van der Waals surface area contributed by atoms with Crippen molar-refractivity contribution in [3.05, 3.63) is 72.8 Å². The van der Waals surface area contributed by atoms with Crippen LogP contribution in [0.3, 0.4) is 0 Å². The summed E-state index contributed by atoms with van der Waals surface area (Å²) in [6, 6.07) is 12.8. The quantitative estimate of drug-likeness (QED) is 0.645. The molecular weight excluding hydrogens is 344 g/mol. The van der Waals surface area contributed by atoms with Gasteiger partial charge < -0.3 is 15.3 Å². The standard InChI is InChI=1S/C19H18N2O4.C2H4/c22-15-9-11-21(12-10-15)19(25)14-7-5-13(6-8-14)18(24)20-16-3-1-2-4-17(16)23;1-2/h1-8,23H,9-12H2,(H,20,24);1-2H2. The highest BCUT2D eigenvalue weighted by Gasteiger charge is 2.22. The van der Waals surface area contributed by atoms with Crippen LogP contribution in [0.25, 0.3) is 0 Å². The fourth-order valence-corrected chi connectivity index (χ4v) is 2.68. The highest BCUT2D eigenvalue weighted by atomic mass is 16.3. The van der Waals surface area contributed by atoms with Crippen LogP contribution in [-0.2, 0) is 4.79 Å². The number of phenolic OH excluding ortho intramolecular Hbond substituents is 1. The number of aromatic hydroxyl groups is 1. The highest BCUT2D eigenvalue weighted by Crippen LogP contribution is 2.22. The van der Waals surface area contributed by atoms with E-state index in [4.69, 9.17) is 0 Å². The van der Waals surface area contributed by atoms with E-state index in [-0.39, 0.29) is 23.3 Å². The molecule has 6 nitrogen and oxygen atoms in total. The van der Waals surface area contributed by atoms with Crippen LogP contribution in [-0.4, -0.2) is 40.7 Å². The predicted molar refractivity (Wildman–Crippen MR) is 104 cm³/mol. The topological polar surface area (TPSA) is 86.7 Å². The number of phenols is 1. The Bertz CT molecular complexity index is 820. The van der Waals surface area contributed by atoms with Crippen molar-refractivity contribution in [1.82, 2.24) is 4.90 Å². The number of piperidine rings is 1. The van der Waals surface area contributed by atoms with Gasteiger partial charge >= 0.3 is 0 Å². The van der Waals surface area contributed by atoms with Crippen molar-refractivity contribution in [2.24, 2.45) is 0 Å². The number of carbonyl (C=O) groups excluding carboxylic acids is 3. The molecule has 1 saturated heterocycles. The molecule has 2 aromatic rings. The second-order valence-corrected chi connectivity index (χ2v) is 5.88. The number of ketones is 1. The van der Waals surface area contributed by atoms with Gasteiger partial charge in [0.2, 0.25) is 0 Å².